The summed E-state index contributed by atoms with van der Waals surface area (Å²) in [5, 5.41) is 8.10. The third kappa shape index (κ3) is 4.73. The fraction of sp³-hybridized carbons (Fsp3) is 0.900. The zero-order chi connectivity index (χ0) is 14.7. The Morgan fingerprint density at radius 1 is 1.37 bits per heavy atom. The second kappa shape index (κ2) is 6.19. The Morgan fingerprint density at radius 3 is 2.32 bits per heavy atom. The molecule has 0 amide bonds. The van der Waals surface area contributed by atoms with Crippen molar-refractivity contribution in [3.05, 3.63) is 0 Å². The highest BCUT2D eigenvalue weighted by atomic mass is 32.2. The smallest absolute Gasteiger partial charge is 0.321 e. The second-order valence-electron chi connectivity index (χ2n) is 4.69. The minimum absolute atomic E-state index is 0.0239. The van der Waals surface area contributed by atoms with Crippen LogP contribution in [0.1, 0.15) is 32.6 Å². The van der Waals surface area contributed by atoms with Crippen LogP contribution in [0.2, 0.25) is 0 Å². The molecule has 0 saturated carbocycles. The average molecular weight is 313 g/mol. The van der Waals surface area contributed by atoms with E-state index in [4.69, 9.17) is 5.11 Å². The van der Waals surface area contributed by atoms with Crippen molar-refractivity contribution in [1.29, 1.82) is 0 Å². The molecule has 1 rings (SSSR count). The number of sulfone groups is 1. The third-order valence-electron chi connectivity index (χ3n) is 3.12. The number of carboxylic acid groups (broad SMARTS) is 1. The van der Waals surface area contributed by atoms with Crippen molar-refractivity contribution in [2.75, 3.05) is 11.5 Å². The number of hydrogen-bond donors (Lipinski definition) is 2. The maximum atomic E-state index is 12.0. The number of carboxylic acids is 1. The topological polar surface area (TPSA) is 118 Å². The average Bonchev–Trinajstić information content (AvgIpc) is 2.27. The van der Waals surface area contributed by atoms with Crippen LogP contribution in [0.3, 0.4) is 0 Å². The molecular weight excluding hydrogens is 294 g/mol. The van der Waals surface area contributed by atoms with Gasteiger partial charge in [0.05, 0.1) is 16.8 Å². The molecule has 2 N–H and O–H groups in total. The Balaban J connectivity index is 2.73. The number of aliphatic carboxylic acids is 1. The molecule has 0 spiro atoms. The lowest BCUT2D eigenvalue weighted by Crippen LogP contribution is -2.47. The molecule has 0 bridgehead atoms. The maximum Gasteiger partial charge on any atom is 0.321 e. The molecule has 0 aromatic rings. The van der Waals surface area contributed by atoms with Gasteiger partial charge in [0.25, 0.3) is 0 Å². The normalized spacial score (nSPS) is 21.9. The Hall–Kier alpha value is -0.670. The molecule has 0 radical (unpaired) electrons. The van der Waals surface area contributed by atoms with Crippen molar-refractivity contribution in [2.24, 2.45) is 0 Å². The maximum absolute atomic E-state index is 12.0. The first-order valence-corrected chi connectivity index (χ1v) is 9.49. The van der Waals surface area contributed by atoms with Gasteiger partial charge in [0, 0.05) is 0 Å². The van der Waals surface area contributed by atoms with E-state index >= 15 is 0 Å². The highest BCUT2D eigenvalue weighted by Crippen LogP contribution is 2.19. The van der Waals surface area contributed by atoms with Gasteiger partial charge in [-0.05, 0) is 19.3 Å². The number of hydrogen-bond acceptors (Lipinski definition) is 5. The minimum Gasteiger partial charge on any atom is -0.480 e. The van der Waals surface area contributed by atoms with Crippen molar-refractivity contribution < 1.29 is 26.7 Å². The fourth-order valence-corrected chi connectivity index (χ4v) is 5.45. The zero-order valence-electron chi connectivity index (χ0n) is 10.7. The summed E-state index contributed by atoms with van der Waals surface area (Å²) in [4.78, 5) is 10.9. The van der Waals surface area contributed by atoms with E-state index in [2.05, 4.69) is 4.72 Å². The van der Waals surface area contributed by atoms with Crippen LogP contribution in [-0.4, -0.2) is 50.7 Å². The summed E-state index contributed by atoms with van der Waals surface area (Å²) in [5.74, 6) is -1.54. The standard InChI is InChI=1S/C10H19NO6S2/c1-2-3-9(10(12)13)11-19(16,17)8-4-6-18(14,15)7-5-8/h8-9,11H,2-7H2,1H3,(H,12,13). The largest absolute Gasteiger partial charge is 0.480 e. The van der Waals surface area contributed by atoms with Crippen LogP contribution in [-0.2, 0) is 24.7 Å². The summed E-state index contributed by atoms with van der Waals surface area (Å²) in [6.45, 7) is 1.76. The summed E-state index contributed by atoms with van der Waals surface area (Å²) in [7, 11) is -6.93. The number of sulfonamides is 1. The van der Waals surface area contributed by atoms with Crippen molar-refractivity contribution in [2.45, 2.75) is 43.9 Å². The first-order valence-electron chi connectivity index (χ1n) is 6.12. The van der Waals surface area contributed by atoms with Gasteiger partial charge in [-0.25, -0.2) is 21.6 Å². The van der Waals surface area contributed by atoms with E-state index in [-0.39, 0.29) is 30.8 Å². The molecular formula is C10H19NO6S2. The summed E-state index contributed by atoms with van der Waals surface area (Å²) in [5.41, 5.74) is 0. The molecule has 9 heteroatoms. The van der Waals surface area contributed by atoms with E-state index < -0.39 is 37.1 Å². The Bertz CT molecular complexity index is 510. The predicted molar refractivity (Wildman–Crippen MR) is 70.1 cm³/mol. The van der Waals surface area contributed by atoms with Gasteiger partial charge < -0.3 is 5.11 Å². The molecule has 7 nitrogen and oxygen atoms in total. The van der Waals surface area contributed by atoms with Gasteiger partial charge in [0.1, 0.15) is 15.9 Å². The highest BCUT2D eigenvalue weighted by molar-refractivity contribution is 7.92. The highest BCUT2D eigenvalue weighted by Gasteiger charge is 2.35. The van der Waals surface area contributed by atoms with Crippen LogP contribution < -0.4 is 4.72 Å². The van der Waals surface area contributed by atoms with Crippen LogP contribution >= 0.6 is 0 Å². The van der Waals surface area contributed by atoms with E-state index in [1.165, 1.54) is 0 Å². The third-order valence-corrected chi connectivity index (χ3v) is 6.80. The van der Waals surface area contributed by atoms with Gasteiger partial charge in [-0.3, -0.25) is 4.79 Å². The van der Waals surface area contributed by atoms with Crippen LogP contribution in [0, 0.1) is 0 Å². The molecule has 19 heavy (non-hydrogen) atoms. The van der Waals surface area contributed by atoms with Crippen LogP contribution in [0.25, 0.3) is 0 Å². The number of rotatable bonds is 6. The molecule has 1 unspecified atom stereocenters. The SMILES string of the molecule is CCCC(NS(=O)(=O)C1CCS(=O)(=O)CC1)C(=O)O. The number of carbonyl (C=O) groups is 1. The summed E-state index contributed by atoms with van der Waals surface area (Å²) in [6, 6.07) is -1.14. The Morgan fingerprint density at radius 2 is 1.89 bits per heavy atom. The molecule has 0 aliphatic carbocycles. The Kier molecular flexibility index (Phi) is 5.34. The van der Waals surface area contributed by atoms with Crippen molar-refractivity contribution in [1.82, 2.24) is 4.72 Å². The van der Waals surface area contributed by atoms with Crippen LogP contribution in [0.15, 0.2) is 0 Å². The molecule has 1 heterocycles. The van der Waals surface area contributed by atoms with Crippen molar-refractivity contribution in [3.8, 4) is 0 Å². The van der Waals surface area contributed by atoms with E-state index in [1.54, 1.807) is 6.92 Å². The van der Waals surface area contributed by atoms with Gasteiger partial charge in [0.15, 0.2) is 0 Å². The summed E-state index contributed by atoms with van der Waals surface area (Å²) in [6.07, 6.45) is 0.796. The zero-order valence-corrected chi connectivity index (χ0v) is 12.3. The lowest BCUT2D eigenvalue weighted by Gasteiger charge is -2.24. The summed E-state index contributed by atoms with van der Waals surface area (Å²) < 4.78 is 48.7. The molecule has 0 aromatic carbocycles. The van der Waals surface area contributed by atoms with Crippen molar-refractivity contribution in [3.63, 3.8) is 0 Å². The van der Waals surface area contributed by atoms with Gasteiger partial charge in [-0.1, -0.05) is 13.3 Å². The van der Waals surface area contributed by atoms with Gasteiger partial charge >= 0.3 is 5.97 Å². The molecule has 1 aliphatic rings. The minimum atomic E-state index is -3.80. The lowest BCUT2D eigenvalue weighted by atomic mass is 10.2. The summed E-state index contributed by atoms with van der Waals surface area (Å²) >= 11 is 0. The van der Waals surface area contributed by atoms with E-state index in [0.29, 0.717) is 6.42 Å². The monoisotopic (exact) mass is 313 g/mol. The van der Waals surface area contributed by atoms with Crippen LogP contribution in [0.5, 0.6) is 0 Å². The molecule has 1 saturated heterocycles. The molecule has 0 aromatic heterocycles. The van der Waals surface area contributed by atoms with Gasteiger partial charge in [-0.15, -0.1) is 0 Å². The van der Waals surface area contributed by atoms with Gasteiger partial charge in [0.2, 0.25) is 10.0 Å². The number of nitrogens with one attached hydrogen (secondary N) is 1. The molecule has 1 atom stereocenters. The van der Waals surface area contributed by atoms with Gasteiger partial charge in [-0.2, -0.15) is 0 Å². The Labute approximate surface area is 113 Å². The first kappa shape index (κ1) is 16.4. The molecule has 1 fully saturated rings. The van der Waals surface area contributed by atoms with E-state index in [9.17, 15) is 21.6 Å². The lowest BCUT2D eigenvalue weighted by molar-refractivity contribution is -0.139. The van der Waals surface area contributed by atoms with E-state index in [1.807, 2.05) is 0 Å². The predicted octanol–water partition coefficient (Wildman–Crippen LogP) is -0.264. The quantitative estimate of drug-likeness (QED) is 0.697. The first-order chi connectivity index (χ1) is 8.68. The molecule has 112 valence electrons. The van der Waals surface area contributed by atoms with E-state index in [0.717, 1.165) is 0 Å². The van der Waals surface area contributed by atoms with Crippen LogP contribution in [0.4, 0.5) is 0 Å². The fourth-order valence-electron chi connectivity index (χ4n) is 1.99. The second-order valence-corrected chi connectivity index (χ2v) is 8.99. The molecule has 1 aliphatic heterocycles. The van der Waals surface area contributed by atoms with Crippen molar-refractivity contribution >= 4 is 25.8 Å².